The van der Waals surface area contributed by atoms with Crippen LogP contribution < -0.4 is 0 Å². The highest BCUT2D eigenvalue weighted by atomic mass is 16.6. The molecule has 0 aromatic rings. The van der Waals surface area contributed by atoms with Gasteiger partial charge in [0.2, 0.25) is 0 Å². The number of aliphatic hydroxyl groups excluding tert-OH is 1. The van der Waals surface area contributed by atoms with Crippen LogP contribution in [0.2, 0.25) is 0 Å². The van der Waals surface area contributed by atoms with E-state index in [0.717, 1.165) is 38.5 Å². The van der Waals surface area contributed by atoms with Gasteiger partial charge in [0.15, 0.2) is 6.61 Å². The fourth-order valence-corrected chi connectivity index (χ4v) is 7.47. The minimum absolute atomic E-state index is 0.00257. The van der Waals surface area contributed by atoms with Gasteiger partial charge in [-0.2, -0.15) is 5.26 Å². The second-order valence-electron chi connectivity index (χ2n) is 11.4. The first-order valence-corrected chi connectivity index (χ1v) is 12.0. The Kier molecular flexibility index (Phi) is 6.19. The Morgan fingerprint density at radius 1 is 1.22 bits per heavy atom. The number of hydrogen-bond acceptors (Lipinski definition) is 6. The molecule has 2 unspecified atom stereocenters. The maximum Gasteiger partial charge on any atom is 0.411 e. The molecule has 5 rings (SSSR count). The van der Waals surface area contributed by atoms with E-state index < -0.39 is 17.7 Å². The van der Waals surface area contributed by atoms with Gasteiger partial charge in [0.1, 0.15) is 6.04 Å². The van der Waals surface area contributed by atoms with E-state index in [9.17, 15) is 20.0 Å². The summed E-state index contributed by atoms with van der Waals surface area (Å²) in [5.74, 6) is 0.690. The van der Waals surface area contributed by atoms with E-state index in [1.165, 1.54) is 11.3 Å². The van der Waals surface area contributed by atoms with Crippen LogP contribution >= 0.6 is 0 Å². The number of ether oxygens (including phenoxy) is 2. The first-order chi connectivity index (χ1) is 15.1. The van der Waals surface area contributed by atoms with Gasteiger partial charge in [-0.25, -0.2) is 4.79 Å². The largest absolute Gasteiger partial charge is 0.439 e. The summed E-state index contributed by atoms with van der Waals surface area (Å²) in [6, 6.07) is 1.74. The Labute approximate surface area is 190 Å². The molecule has 1 saturated heterocycles. The predicted octanol–water partition coefficient (Wildman–Crippen LogP) is 2.84. The summed E-state index contributed by atoms with van der Waals surface area (Å²) < 4.78 is 11.8. The average molecular weight is 448 g/mol. The number of likely N-dealkylation sites (tertiary alicyclic amines) is 1. The van der Waals surface area contributed by atoms with Crippen LogP contribution in [0.1, 0.15) is 72.1 Å². The summed E-state index contributed by atoms with van der Waals surface area (Å²) >= 11 is 0. The van der Waals surface area contributed by atoms with E-state index in [2.05, 4.69) is 6.07 Å². The molecule has 0 radical (unpaired) electrons. The number of hydrogen-bond donors (Lipinski definition) is 1. The van der Waals surface area contributed by atoms with Crippen LogP contribution in [0.15, 0.2) is 0 Å². The Balaban J connectivity index is 1.52. The van der Waals surface area contributed by atoms with E-state index >= 15 is 0 Å². The van der Waals surface area contributed by atoms with Crippen molar-refractivity contribution in [2.45, 2.75) is 94.9 Å². The van der Waals surface area contributed by atoms with Crippen LogP contribution in [-0.4, -0.2) is 76.0 Å². The lowest BCUT2D eigenvalue weighted by molar-refractivity contribution is -0.207. The molecule has 1 aliphatic heterocycles. The Bertz CT molecular complexity index is 771. The number of carbonyl (C=O) groups is 2. The number of amides is 2. The molecule has 4 bridgehead atoms. The van der Waals surface area contributed by atoms with E-state index in [-0.39, 0.29) is 30.3 Å². The molecule has 5 aliphatic rings. The zero-order valence-electron chi connectivity index (χ0n) is 19.6. The maximum absolute atomic E-state index is 13.5. The summed E-state index contributed by atoms with van der Waals surface area (Å²) in [6.07, 6.45) is 6.76. The van der Waals surface area contributed by atoms with Crippen molar-refractivity contribution >= 4 is 12.0 Å². The lowest BCUT2D eigenvalue weighted by atomic mass is 9.50. The molecule has 5 fully saturated rings. The number of nitriles is 1. The second kappa shape index (κ2) is 8.49. The molecule has 1 N–H and O–H groups in total. The lowest BCUT2D eigenvalue weighted by Gasteiger charge is -2.65. The molecule has 32 heavy (non-hydrogen) atoms. The zero-order valence-corrected chi connectivity index (χ0v) is 19.6. The van der Waals surface area contributed by atoms with Gasteiger partial charge in [-0.05, 0) is 84.0 Å². The van der Waals surface area contributed by atoms with Crippen molar-refractivity contribution in [3.8, 4) is 6.07 Å². The quantitative estimate of drug-likeness (QED) is 0.672. The van der Waals surface area contributed by atoms with E-state index in [4.69, 9.17) is 9.47 Å². The van der Waals surface area contributed by atoms with Gasteiger partial charge in [-0.1, -0.05) is 0 Å². The molecular weight excluding hydrogens is 410 g/mol. The minimum Gasteiger partial charge on any atom is -0.439 e. The van der Waals surface area contributed by atoms with Crippen LogP contribution in [0.3, 0.4) is 0 Å². The highest BCUT2D eigenvalue weighted by molar-refractivity contribution is 5.81. The standard InChI is InChI=1S/C24H37N3O5/c1-22(2,3)27(21(30)31-15-20(29)26-6-4-5-19(26)14-25)23-10-17-9-18(11-23)13-24(12-17,16-23)32-8-7-28/h17-19,28H,4-13,15-16H2,1-3H3/t17?,18?,19-,23?,24?/m0/s1. The summed E-state index contributed by atoms with van der Waals surface area (Å²) in [7, 11) is 0. The van der Waals surface area contributed by atoms with Crippen LogP contribution in [0.4, 0.5) is 4.79 Å². The smallest absolute Gasteiger partial charge is 0.411 e. The SMILES string of the molecule is CC(C)(C)N(C(=O)OCC(=O)N1CCC[C@H]1C#N)C12CC3CC(CC(OCCO)(C3)C1)C2. The van der Waals surface area contributed by atoms with Crippen LogP contribution in [0.5, 0.6) is 0 Å². The van der Waals surface area contributed by atoms with E-state index in [1.54, 1.807) is 0 Å². The van der Waals surface area contributed by atoms with E-state index in [0.29, 0.717) is 31.4 Å². The Morgan fingerprint density at radius 2 is 1.91 bits per heavy atom. The fraction of sp³-hybridized carbons (Fsp3) is 0.875. The topological polar surface area (TPSA) is 103 Å². The van der Waals surface area contributed by atoms with Gasteiger partial charge in [-0.3, -0.25) is 9.69 Å². The first-order valence-electron chi connectivity index (χ1n) is 12.0. The molecular formula is C24H37N3O5. The van der Waals surface area contributed by atoms with Crippen LogP contribution in [-0.2, 0) is 14.3 Å². The summed E-state index contributed by atoms with van der Waals surface area (Å²) in [4.78, 5) is 29.5. The predicted molar refractivity (Wildman–Crippen MR) is 116 cm³/mol. The molecule has 0 spiro atoms. The number of nitrogens with zero attached hydrogens (tertiary/aromatic N) is 3. The highest BCUT2D eigenvalue weighted by Gasteiger charge is 2.63. The Morgan fingerprint density at radius 3 is 2.50 bits per heavy atom. The third-order valence-electron chi connectivity index (χ3n) is 7.85. The number of carbonyl (C=O) groups excluding carboxylic acids is 2. The molecule has 178 valence electrons. The third kappa shape index (κ3) is 4.22. The minimum atomic E-state index is -0.479. The molecule has 0 aromatic heterocycles. The van der Waals surface area contributed by atoms with Crippen molar-refractivity contribution in [2.75, 3.05) is 26.4 Å². The molecule has 2 amide bonds. The highest BCUT2D eigenvalue weighted by Crippen LogP contribution is 2.61. The summed E-state index contributed by atoms with van der Waals surface area (Å²) in [5.41, 5.74) is -1.13. The summed E-state index contributed by atoms with van der Waals surface area (Å²) in [5, 5.41) is 18.6. The summed E-state index contributed by atoms with van der Waals surface area (Å²) in [6.45, 7) is 6.57. The molecule has 1 heterocycles. The fourth-order valence-electron chi connectivity index (χ4n) is 7.47. The van der Waals surface area contributed by atoms with Crippen molar-refractivity contribution in [3.05, 3.63) is 0 Å². The number of aliphatic hydroxyl groups is 1. The van der Waals surface area contributed by atoms with Gasteiger partial charge < -0.3 is 19.5 Å². The van der Waals surface area contributed by atoms with Gasteiger partial charge >= 0.3 is 6.09 Å². The van der Waals surface area contributed by atoms with Gasteiger partial charge in [0.25, 0.3) is 5.91 Å². The average Bonchev–Trinajstić information content (AvgIpc) is 3.17. The molecule has 4 saturated carbocycles. The molecule has 8 nitrogen and oxygen atoms in total. The molecule has 8 heteroatoms. The van der Waals surface area contributed by atoms with Crippen molar-refractivity contribution < 1.29 is 24.2 Å². The normalized spacial score (nSPS) is 35.6. The first kappa shape index (κ1) is 23.3. The van der Waals surface area contributed by atoms with Gasteiger partial charge in [0, 0.05) is 12.1 Å². The number of rotatable bonds is 6. The van der Waals surface area contributed by atoms with Crippen molar-refractivity contribution in [1.29, 1.82) is 5.26 Å². The van der Waals surface area contributed by atoms with Crippen LogP contribution in [0, 0.1) is 23.2 Å². The zero-order chi connectivity index (χ0) is 23.1. The van der Waals surface area contributed by atoms with Crippen molar-refractivity contribution in [1.82, 2.24) is 9.80 Å². The van der Waals surface area contributed by atoms with Crippen LogP contribution in [0.25, 0.3) is 0 Å². The van der Waals surface area contributed by atoms with Crippen molar-refractivity contribution in [2.24, 2.45) is 11.8 Å². The Hall–Kier alpha value is -1.85. The monoisotopic (exact) mass is 447 g/mol. The molecule has 3 atom stereocenters. The third-order valence-corrected chi connectivity index (χ3v) is 7.85. The van der Waals surface area contributed by atoms with Gasteiger partial charge in [-0.15, -0.1) is 0 Å². The molecule has 0 aromatic carbocycles. The van der Waals surface area contributed by atoms with Gasteiger partial charge in [0.05, 0.1) is 30.4 Å². The lowest BCUT2D eigenvalue weighted by Crippen LogP contribution is -2.70. The maximum atomic E-state index is 13.5. The second-order valence-corrected chi connectivity index (χ2v) is 11.4. The van der Waals surface area contributed by atoms with Crippen molar-refractivity contribution in [3.63, 3.8) is 0 Å². The van der Waals surface area contributed by atoms with E-state index in [1.807, 2.05) is 25.7 Å². The molecule has 4 aliphatic carbocycles.